The molecule has 0 amide bonds. The van der Waals surface area contributed by atoms with Gasteiger partial charge in [0, 0.05) is 0 Å². The van der Waals surface area contributed by atoms with Gasteiger partial charge < -0.3 is 0 Å². The number of nitrogens with two attached hydrogens (primary N) is 1. The molecule has 0 saturated heterocycles. The fourth-order valence-corrected chi connectivity index (χ4v) is 2.36. The molecule has 0 rings (SSSR count). The average molecular weight is 224 g/mol. The molecule has 66 valence electrons. The molecule has 0 aliphatic heterocycles. The van der Waals surface area contributed by atoms with Gasteiger partial charge in [-0.05, 0) is 0 Å². The number of aliphatic carboxylic acids is 1. The van der Waals surface area contributed by atoms with E-state index in [-0.39, 0.29) is 0 Å². The molecule has 3 nitrogen and oxygen atoms in total. The molecule has 0 radical (unpaired) electrons. The van der Waals surface area contributed by atoms with Crippen molar-refractivity contribution < 1.29 is 9.90 Å². The zero-order valence-corrected chi connectivity index (χ0v) is 8.62. The van der Waals surface area contributed by atoms with Crippen LogP contribution in [0.1, 0.15) is 20.3 Å². The van der Waals surface area contributed by atoms with Crippen LogP contribution in [0.2, 0.25) is 10.1 Å². The van der Waals surface area contributed by atoms with Crippen molar-refractivity contribution in [1.82, 2.24) is 0 Å². The van der Waals surface area contributed by atoms with E-state index in [0.717, 1.165) is 5.32 Å². The van der Waals surface area contributed by atoms with Gasteiger partial charge in [-0.25, -0.2) is 0 Å². The number of hydrogen-bond donors (Lipinski definition) is 2. The maximum absolute atomic E-state index is 10.3. The van der Waals surface area contributed by atoms with Crippen LogP contribution in [-0.2, 0) is 4.79 Å². The molecule has 0 aliphatic rings. The quantitative estimate of drug-likeness (QED) is 0.677. The summed E-state index contributed by atoms with van der Waals surface area (Å²) in [4.78, 5) is 11.0. The van der Waals surface area contributed by atoms with Crippen LogP contribution in [0.25, 0.3) is 0 Å². The van der Waals surface area contributed by atoms with Gasteiger partial charge in [-0.3, -0.25) is 0 Å². The van der Waals surface area contributed by atoms with E-state index in [0.29, 0.717) is 26.2 Å². The third-order valence-corrected chi connectivity index (χ3v) is 3.58. The van der Waals surface area contributed by atoms with Gasteiger partial charge in [0.2, 0.25) is 0 Å². The predicted molar refractivity (Wildman–Crippen MR) is 45.9 cm³/mol. The zero-order valence-electron chi connectivity index (χ0n) is 6.91. The van der Waals surface area contributed by atoms with Crippen LogP contribution in [0.15, 0.2) is 0 Å². The van der Waals surface area contributed by atoms with Crippen LogP contribution in [0.4, 0.5) is 0 Å². The molecular weight excluding hydrogens is 209 g/mol. The van der Waals surface area contributed by atoms with Crippen molar-refractivity contribution in [3.05, 3.63) is 0 Å². The Balaban J connectivity index is 3.31. The second-order valence-electron chi connectivity index (χ2n) is 2.65. The molecule has 1 unspecified atom stereocenters. The Kier molecular flexibility index (Phi) is 5.56. The first-order valence-electron chi connectivity index (χ1n) is 3.64. The fourth-order valence-electron chi connectivity index (χ4n) is 0.554. The number of carboxylic acid groups (broad SMARTS) is 1. The van der Waals surface area contributed by atoms with Crippen molar-refractivity contribution >= 4 is 20.9 Å². The molecule has 1 atom stereocenters. The summed E-state index contributed by atoms with van der Waals surface area (Å²) < 4.78 is 0. The number of hydrogen-bond acceptors (Lipinski definition) is 2. The van der Waals surface area contributed by atoms with Gasteiger partial charge in [-0.2, -0.15) is 0 Å². The molecule has 3 N–H and O–H groups in total. The summed E-state index contributed by atoms with van der Waals surface area (Å²) in [5.74, 6) is -0.885. The standard InChI is InChI=1S/C7H15NO2Se/c1-5(2)11-4-3-6(8)7(9)10/h5-6H,3-4,8H2,1-2H3,(H,9,10). The second-order valence-corrected chi connectivity index (χ2v) is 6.19. The van der Waals surface area contributed by atoms with E-state index in [4.69, 9.17) is 10.8 Å². The van der Waals surface area contributed by atoms with Crippen molar-refractivity contribution in [2.45, 2.75) is 36.4 Å². The number of rotatable bonds is 5. The summed E-state index contributed by atoms with van der Waals surface area (Å²) >= 11 is 0.549. The van der Waals surface area contributed by atoms with Crippen molar-refractivity contribution in [3.63, 3.8) is 0 Å². The molecule has 0 saturated carbocycles. The van der Waals surface area contributed by atoms with Crippen molar-refractivity contribution in [2.75, 3.05) is 0 Å². The molecule has 0 aliphatic carbocycles. The molecule has 0 heterocycles. The Labute approximate surface area is 73.5 Å². The van der Waals surface area contributed by atoms with Crippen LogP contribution >= 0.6 is 0 Å². The van der Waals surface area contributed by atoms with E-state index in [1.165, 1.54) is 0 Å². The fraction of sp³-hybridized carbons (Fsp3) is 0.857. The third-order valence-electron chi connectivity index (χ3n) is 1.20. The van der Waals surface area contributed by atoms with Crippen LogP contribution in [0, 0.1) is 0 Å². The van der Waals surface area contributed by atoms with Gasteiger partial charge >= 0.3 is 73.0 Å². The van der Waals surface area contributed by atoms with Gasteiger partial charge in [-0.1, -0.05) is 0 Å². The molecular formula is C7H15NO2Se. The van der Waals surface area contributed by atoms with Gasteiger partial charge in [0.15, 0.2) is 0 Å². The first-order valence-corrected chi connectivity index (χ1v) is 5.84. The van der Waals surface area contributed by atoms with Gasteiger partial charge in [0.25, 0.3) is 0 Å². The van der Waals surface area contributed by atoms with E-state index in [1.807, 2.05) is 0 Å². The van der Waals surface area contributed by atoms with Crippen LogP contribution in [0.5, 0.6) is 0 Å². The van der Waals surface area contributed by atoms with E-state index < -0.39 is 12.0 Å². The van der Waals surface area contributed by atoms with E-state index in [9.17, 15) is 4.79 Å². The summed E-state index contributed by atoms with van der Waals surface area (Å²) in [5, 5.41) is 9.40. The van der Waals surface area contributed by atoms with Crippen LogP contribution < -0.4 is 5.73 Å². The first-order chi connectivity index (χ1) is 5.04. The second kappa shape index (κ2) is 5.58. The van der Waals surface area contributed by atoms with Crippen LogP contribution in [-0.4, -0.2) is 32.1 Å². The molecule has 0 aromatic rings. The molecule has 11 heavy (non-hydrogen) atoms. The van der Waals surface area contributed by atoms with Crippen molar-refractivity contribution in [3.8, 4) is 0 Å². The van der Waals surface area contributed by atoms with Gasteiger partial charge in [-0.15, -0.1) is 0 Å². The minimum atomic E-state index is -0.885. The Bertz CT molecular complexity index is 128. The molecule has 0 aromatic carbocycles. The van der Waals surface area contributed by atoms with Gasteiger partial charge in [0.05, 0.1) is 0 Å². The van der Waals surface area contributed by atoms with E-state index >= 15 is 0 Å². The molecule has 0 aromatic heterocycles. The molecule has 0 bridgehead atoms. The predicted octanol–water partition coefficient (Wildman–Crippen LogP) is 0.739. The summed E-state index contributed by atoms with van der Waals surface area (Å²) in [5.41, 5.74) is 5.31. The van der Waals surface area contributed by atoms with Gasteiger partial charge in [0.1, 0.15) is 0 Å². The SMILES string of the molecule is CC(C)[Se]CCC(N)C(=O)O. The van der Waals surface area contributed by atoms with Crippen molar-refractivity contribution in [1.29, 1.82) is 0 Å². The average Bonchev–Trinajstić information content (AvgIpc) is 1.86. The van der Waals surface area contributed by atoms with E-state index in [1.54, 1.807) is 0 Å². The maximum atomic E-state index is 10.3. The van der Waals surface area contributed by atoms with E-state index in [2.05, 4.69) is 13.8 Å². The Morgan fingerprint density at radius 2 is 2.18 bits per heavy atom. The summed E-state index contributed by atoms with van der Waals surface area (Å²) in [6.45, 7) is 4.29. The minimum absolute atomic E-state index is 0.549. The Morgan fingerprint density at radius 1 is 1.64 bits per heavy atom. The Hall–Kier alpha value is -0.0505. The van der Waals surface area contributed by atoms with Crippen LogP contribution in [0.3, 0.4) is 0 Å². The number of carbonyl (C=O) groups is 1. The normalized spacial score (nSPS) is 13.5. The monoisotopic (exact) mass is 225 g/mol. The van der Waals surface area contributed by atoms with Crippen molar-refractivity contribution in [2.24, 2.45) is 5.73 Å². The molecule has 0 fully saturated rings. The number of carboxylic acids is 1. The zero-order chi connectivity index (χ0) is 8.85. The Morgan fingerprint density at radius 3 is 2.55 bits per heavy atom. The molecule has 4 heteroatoms. The summed E-state index contributed by atoms with van der Waals surface area (Å²) in [6, 6.07) is -0.657. The third kappa shape index (κ3) is 6.35. The molecule has 0 spiro atoms. The summed E-state index contributed by atoms with van der Waals surface area (Å²) in [7, 11) is 0. The first kappa shape index (κ1) is 10.9. The summed E-state index contributed by atoms with van der Waals surface area (Å²) in [6.07, 6.45) is 0.619. The topological polar surface area (TPSA) is 63.3 Å².